The molecule has 1 fully saturated rings. The Labute approximate surface area is 114 Å². The molecule has 0 amide bonds. The third-order valence-corrected chi connectivity index (χ3v) is 3.76. The first-order valence-electron chi connectivity index (χ1n) is 6.19. The molecule has 3 N–H and O–H groups in total. The van der Waals surface area contributed by atoms with E-state index >= 15 is 0 Å². The molecule has 2 rings (SSSR count). The monoisotopic (exact) mass is 266 g/mol. The Morgan fingerprint density at radius 3 is 2.56 bits per heavy atom. The van der Waals surface area contributed by atoms with Crippen molar-refractivity contribution in [2.24, 2.45) is 0 Å². The number of hydrogen-bond donors (Lipinski definition) is 4. The van der Waals surface area contributed by atoms with Crippen molar-refractivity contribution < 1.29 is 10.0 Å². The number of piperazine rings is 1. The Hall–Kier alpha value is -0.685. The lowest BCUT2D eigenvalue weighted by molar-refractivity contribution is 0.425. The summed E-state index contributed by atoms with van der Waals surface area (Å²) in [5.74, 6) is 0.596. The van der Waals surface area contributed by atoms with Crippen LogP contribution in [0, 0.1) is 6.92 Å². The minimum atomic E-state index is -1.42. The van der Waals surface area contributed by atoms with Gasteiger partial charge < -0.3 is 20.3 Å². The fraction of sp³-hybridized carbons (Fsp3) is 0.500. The van der Waals surface area contributed by atoms with Crippen LogP contribution in [0.4, 0.5) is 5.69 Å². The predicted molar refractivity (Wildman–Crippen MR) is 78.8 cm³/mol. The van der Waals surface area contributed by atoms with Crippen molar-refractivity contribution in [3.8, 4) is 0 Å². The molecule has 1 aromatic rings. The largest absolute Gasteiger partial charge is 0.488 e. The molecule has 0 aromatic heterocycles. The van der Waals surface area contributed by atoms with Gasteiger partial charge >= 0.3 is 7.12 Å². The molecule has 1 aliphatic heterocycles. The fourth-order valence-electron chi connectivity index (χ4n) is 2.38. The summed E-state index contributed by atoms with van der Waals surface area (Å²) in [6.07, 6.45) is 0. The summed E-state index contributed by atoms with van der Waals surface area (Å²) in [6, 6.07) is 3.91. The minimum Gasteiger partial charge on any atom is -0.423 e. The van der Waals surface area contributed by atoms with Crippen LogP contribution in [0.1, 0.15) is 11.1 Å². The van der Waals surface area contributed by atoms with Crippen LogP contribution in [0.5, 0.6) is 0 Å². The summed E-state index contributed by atoms with van der Waals surface area (Å²) in [7, 11) is -1.42. The maximum atomic E-state index is 9.45. The van der Waals surface area contributed by atoms with Crippen LogP contribution in [0.25, 0.3) is 0 Å². The molecule has 18 heavy (non-hydrogen) atoms. The van der Waals surface area contributed by atoms with E-state index in [1.807, 2.05) is 13.0 Å². The molecule has 6 heteroatoms. The van der Waals surface area contributed by atoms with Gasteiger partial charge in [0, 0.05) is 37.6 Å². The molecule has 0 spiro atoms. The molecule has 0 bridgehead atoms. The summed E-state index contributed by atoms with van der Waals surface area (Å²) in [4.78, 5) is 2.28. The average Bonchev–Trinajstić information content (AvgIpc) is 2.39. The Bertz CT molecular complexity index is 423. The molecule has 1 heterocycles. The van der Waals surface area contributed by atoms with E-state index in [1.165, 1.54) is 0 Å². The lowest BCUT2D eigenvalue weighted by atomic mass is 9.76. The van der Waals surface area contributed by atoms with Crippen molar-refractivity contribution in [2.75, 3.05) is 31.1 Å². The smallest absolute Gasteiger partial charge is 0.423 e. The second-order valence-electron chi connectivity index (χ2n) is 4.60. The lowest BCUT2D eigenvalue weighted by Gasteiger charge is -2.32. The highest BCUT2D eigenvalue weighted by Gasteiger charge is 2.20. The first kappa shape index (κ1) is 13.7. The molecule has 98 valence electrons. The number of thiol groups is 1. The SMILES string of the molecule is Cc1c(B(O)O)cc(CS)cc1N1CCNCC1. The summed E-state index contributed by atoms with van der Waals surface area (Å²) in [5, 5.41) is 22.2. The number of benzene rings is 1. The van der Waals surface area contributed by atoms with Gasteiger partial charge in [0.05, 0.1) is 0 Å². The van der Waals surface area contributed by atoms with Crippen LogP contribution in [-0.2, 0) is 5.75 Å². The Morgan fingerprint density at radius 2 is 2.00 bits per heavy atom. The van der Waals surface area contributed by atoms with Gasteiger partial charge in [0.25, 0.3) is 0 Å². The Balaban J connectivity index is 2.40. The lowest BCUT2D eigenvalue weighted by Crippen LogP contribution is -2.45. The normalized spacial score (nSPS) is 15.9. The van der Waals surface area contributed by atoms with Crippen molar-refractivity contribution in [3.05, 3.63) is 23.3 Å². The van der Waals surface area contributed by atoms with E-state index in [1.54, 1.807) is 0 Å². The Morgan fingerprint density at radius 1 is 1.33 bits per heavy atom. The van der Waals surface area contributed by atoms with Crippen molar-refractivity contribution in [2.45, 2.75) is 12.7 Å². The second-order valence-corrected chi connectivity index (χ2v) is 4.91. The number of nitrogens with zero attached hydrogens (tertiary/aromatic N) is 1. The molecule has 1 aromatic carbocycles. The zero-order valence-electron chi connectivity index (χ0n) is 10.6. The van der Waals surface area contributed by atoms with Crippen LogP contribution in [0.3, 0.4) is 0 Å². The van der Waals surface area contributed by atoms with Crippen LogP contribution in [0.15, 0.2) is 12.1 Å². The van der Waals surface area contributed by atoms with Crippen LogP contribution < -0.4 is 15.7 Å². The van der Waals surface area contributed by atoms with Gasteiger partial charge in [-0.05, 0) is 29.6 Å². The van der Waals surface area contributed by atoms with Gasteiger partial charge in [0.2, 0.25) is 0 Å². The molecule has 0 saturated carbocycles. The molecule has 1 aliphatic rings. The number of nitrogens with one attached hydrogen (secondary N) is 1. The molecule has 0 atom stereocenters. The maximum Gasteiger partial charge on any atom is 0.488 e. The van der Waals surface area contributed by atoms with Crippen LogP contribution in [-0.4, -0.2) is 43.3 Å². The topological polar surface area (TPSA) is 55.7 Å². The van der Waals surface area contributed by atoms with E-state index in [9.17, 15) is 10.0 Å². The van der Waals surface area contributed by atoms with Gasteiger partial charge in [-0.25, -0.2) is 0 Å². The number of hydrogen-bond acceptors (Lipinski definition) is 5. The minimum absolute atomic E-state index is 0.579. The standard InChI is InChI=1S/C12H19BN2O2S/c1-9-11(13(16)17)6-10(8-18)7-12(9)15-4-2-14-3-5-15/h6-7,14,16-18H,2-5,8H2,1H3. The number of rotatable bonds is 3. The van der Waals surface area contributed by atoms with E-state index < -0.39 is 7.12 Å². The zero-order valence-corrected chi connectivity index (χ0v) is 11.5. The maximum absolute atomic E-state index is 9.45. The molecule has 0 aliphatic carbocycles. The van der Waals surface area contributed by atoms with Crippen molar-refractivity contribution in [3.63, 3.8) is 0 Å². The van der Waals surface area contributed by atoms with Gasteiger partial charge in [0.15, 0.2) is 0 Å². The van der Waals surface area contributed by atoms with Gasteiger partial charge in [-0.15, -0.1) is 0 Å². The summed E-state index contributed by atoms with van der Waals surface area (Å²) in [5.41, 5.74) is 3.62. The first-order valence-corrected chi connectivity index (χ1v) is 6.83. The van der Waals surface area contributed by atoms with E-state index in [2.05, 4.69) is 28.9 Å². The second kappa shape index (κ2) is 5.97. The third kappa shape index (κ3) is 2.83. The highest BCUT2D eigenvalue weighted by Crippen LogP contribution is 2.22. The highest BCUT2D eigenvalue weighted by atomic mass is 32.1. The van der Waals surface area contributed by atoms with E-state index in [0.29, 0.717) is 11.2 Å². The summed E-state index contributed by atoms with van der Waals surface area (Å²) < 4.78 is 0. The summed E-state index contributed by atoms with van der Waals surface area (Å²) >= 11 is 4.28. The molecule has 4 nitrogen and oxygen atoms in total. The van der Waals surface area contributed by atoms with Gasteiger partial charge in [0.1, 0.15) is 0 Å². The van der Waals surface area contributed by atoms with Gasteiger partial charge in [-0.3, -0.25) is 0 Å². The molecular weight excluding hydrogens is 247 g/mol. The van der Waals surface area contributed by atoms with Crippen LogP contribution >= 0.6 is 12.6 Å². The van der Waals surface area contributed by atoms with Gasteiger partial charge in [-0.2, -0.15) is 12.6 Å². The average molecular weight is 266 g/mol. The molecule has 0 unspecified atom stereocenters. The fourth-order valence-corrected chi connectivity index (χ4v) is 2.56. The van der Waals surface area contributed by atoms with Crippen LogP contribution in [0.2, 0.25) is 0 Å². The Kier molecular flexibility index (Phi) is 4.56. The molecule has 1 saturated heterocycles. The van der Waals surface area contributed by atoms with Gasteiger partial charge in [-0.1, -0.05) is 6.07 Å². The quantitative estimate of drug-likeness (QED) is 0.441. The predicted octanol–water partition coefficient (Wildman–Crippen LogP) is -0.486. The zero-order chi connectivity index (χ0) is 13.1. The summed E-state index contributed by atoms with van der Waals surface area (Å²) in [6.45, 7) is 5.74. The van der Waals surface area contributed by atoms with Crippen molar-refractivity contribution in [1.82, 2.24) is 5.32 Å². The molecular formula is C12H19BN2O2S. The van der Waals surface area contributed by atoms with Crippen molar-refractivity contribution >= 4 is 30.9 Å². The van der Waals surface area contributed by atoms with E-state index in [4.69, 9.17) is 0 Å². The highest BCUT2D eigenvalue weighted by molar-refractivity contribution is 7.79. The number of anilines is 1. The first-order chi connectivity index (χ1) is 8.63. The third-order valence-electron chi connectivity index (χ3n) is 3.40. The van der Waals surface area contributed by atoms with E-state index in [-0.39, 0.29) is 0 Å². The van der Waals surface area contributed by atoms with Crippen molar-refractivity contribution in [1.29, 1.82) is 0 Å². The molecule has 0 radical (unpaired) electrons. The van der Waals surface area contributed by atoms with E-state index in [0.717, 1.165) is 43.0 Å².